The number of nitrogens with one attached hydrogen (secondary N) is 2. The third-order valence-corrected chi connectivity index (χ3v) is 4.83. The molecule has 6 nitrogen and oxygen atoms in total. The zero-order valence-corrected chi connectivity index (χ0v) is 15.9. The summed E-state index contributed by atoms with van der Waals surface area (Å²) in [7, 11) is 0. The molecule has 1 aliphatic rings. The van der Waals surface area contributed by atoms with E-state index in [1.165, 1.54) is 28.8 Å². The van der Waals surface area contributed by atoms with E-state index in [0.29, 0.717) is 22.4 Å². The molecule has 7 heteroatoms. The highest BCUT2D eigenvalue weighted by Gasteiger charge is 2.23. The van der Waals surface area contributed by atoms with Crippen molar-refractivity contribution >= 4 is 29.4 Å². The van der Waals surface area contributed by atoms with E-state index in [1.807, 2.05) is 0 Å². The first-order valence-electron chi connectivity index (χ1n) is 8.85. The van der Waals surface area contributed by atoms with Crippen molar-refractivity contribution in [1.29, 1.82) is 0 Å². The monoisotopic (exact) mass is 386 g/mol. The Hall–Kier alpha value is -2.41. The molecule has 27 heavy (non-hydrogen) atoms. The molecule has 3 rings (SSSR count). The number of rotatable bonds is 6. The van der Waals surface area contributed by atoms with Gasteiger partial charge in [-0.15, -0.1) is 0 Å². The number of benzene rings is 1. The van der Waals surface area contributed by atoms with Gasteiger partial charge >= 0.3 is 0 Å². The van der Waals surface area contributed by atoms with E-state index in [2.05, 4.69) is 46.4 Å². The van der Waals surface area contributed by atoms with E-state index >= 15 is 0 Å². The fourth-order valence-corrected chi connectivity index (χ4v) is 3.33. The van der Waals surface area contributed by atoms with E-state index in [9.17, 15) is 4.79 Å². The van der Waals surface area contributed by atoms with Gasteiger partial charge in [0.15, 0.2) is 0 Å². The number of carbonyl (C=O) groups is 1. The van der Waals surface area contributed by atoms with Crippen LogP contribution in [0.25, 0.3) is 6.08 Å². The molecular formula is C20H23ClN4O2. The number of halogens is 1. The molecule has 0 aliphatic carbocycles. The molecule has 1 aromatic heterocycles. The van der Waals surface area contributed by atoms with Crippen LogP contribution in [0.5, 0.6) is 0 Å². The second-order valence-corrected chi connectivity index (χ2v) is 7.17. The van der Waals surface area contributed by atoms with Crippen molar-refractivity contribution in [2.45, 2.75) is 25.9 Å². The Morgan fingerprint density at radius 3 is 2.89 bits per heavy atom. The Balaban J connectivity index is 1.55. The van der Waals surface area contributed by atoms with Crippen molar-refractivity contribution in [1.82, 2.24) is 15.4 Å². The Morgan fingerprint density at radius 1 is 1.41 bits per heavy atom. The molecule has 1 fully saturated rings. The van der Waals surface area contributed by atoms with Crippen LogP contribution < -0.4 is 10.8 Å². The van der Waals surface area contributed by atoms with Gasteiger partial charge < -0.3 is 5.32 Å². The van der Waals surface area contributed by atoms with Crippen LogP contribution in [0.3, 0.4) is 0 Å². The molecule has 1 atom stereocenters. The van der Waals surface area contributed by atoms with Crippen molar-refractivity contribution < 1.29 is 10.0 Å². The maximum Gasteiger partial charge on any atom is 0.267 e. The first-order chi connectivity index (χ1) is 13.0. The SMILES string of the molecule is Cc1ccc(CN2CC[C@@H](Nc3ncc(C=CC(=O)NO)cc3Cl)C2)cc1. The molecule has 0 bridgehead atoms. The predicted molar refractivity (Wildman–Crippen MR) is 107 cm³/mol. The van der Waals surface area contributed by atoms with Gasteiger partial charge in [0, 0.05) is 37.9 Å². The van der Waals surface area contributed by atoms with E-state index in [-0.39, 0.29) is 0 Å². The first kappa shape index (κ1) is 19.4. The van der Waals surface area contributed by atoms with E-state index < -0.39 is 5.91 Å². The molecule has 0 saturated carbocycles. The normalized spacial score (nSPS) is 17.4. The number of hydroxylamine groups is 1. The van der Waals surface area contributed by atoms with Crippen LogP contribution in [0.4, 0.5) is 5.82 Å². The molecule has 2 aromatic rings. The smallest absolute Gasteiger partial charge is 0.267 e. The minimum absolute atomic E-state index is 0.294. The number of anilines is 1. The van der Waals surface area contributed by atoms with Crippen LogP contribution in [0, 0.1) is 6.92 Å². The summed E-state index contributed by atoms with van der Waals surface area (Å²) in [6, 6.07) is 10.7. The molecular weight excluding hydrogens is 364 g/mol. The van der Waals surface area contributed by atoms with Gasteiger partial charge in [-0.05, 0) is 36.6 Å². The zero-order chi connectivity index (χ0) is 19.2. The standard InChI is InChI=1S/C20H23ClN4O2/c1-14-2-4-15(5-3-14)12-25-9-8-17(13-25)23-20-18(21)10-16(11-22-20)6-7-19(26)24-27/h2-7,10-11,17,27H,8-9,12-13H2,1H3,(H,22,23)(H,24,26)/t17-/m1/s1. The van der Waals surface area contributed by atoms with Crippen LogP contribution in [0.2, 0.25) is 5.02 Å². The summed E-state index contributed by atoms with van der Waals surface area (Å²) < 4.78 is 0. The molecule has 1 aromatic carbocycles. The number of likely N-dealkylation sites (tertiary alicyclic amines) is 1. The lowest BCUT2D eigenvalue weighted by atomic mass is 10.1. The van der Waals surface area contributed by atoms with Crippen molar-refractivity contribution in [2.75, 3.05) is 18.4 Å². The predicted octanol–water partition coefficient (Wildman–Crippen LogP) is 3.25. The van der Waals surface area contributed by atoms with Crippen molar-refractivity contribution in [3.63, 3.8) is 0 Å². The molecule has 0 unspecified atom stereocenters. The van der Waals surface area contributed by atoms with Gasteiger partial charge in [-0.25, -0.2) is 10.5 Å². The summed E-state index contributed by atoms with van der Waals surface area (Å²) in [6.07, 6.45) is 5.41. The van der Waals surface area contributed by atoms with Crippen molar-refractivity contribution in [3.05, 3.63) is 64.3 Å². The molecule has 1 aliphatic heterocycles. The minimum atomic E-state index is -0.604. The van der Waals surface area contributed by atoms with Crippen LogP contribution in [0.1, 0.15) is 23.1 Å². The van der Waals surface area contributed by atoms with Gasteiger partial charge in [0.05, 0.1) is 5.02 Å². The quantitative estimate of drug-likeness (QED) is 0.403. The van der Waals surface area contributed by atoms with Gasteiger partial charge in [-0.1, -0.05) is 41.4 Å². The van der Waals surface area contributed by atoms with Crippen LogP contribution in [-0.2, 0) is 11.3 Å². The fourth-order valence-electron chi connectivity index (χ4n) is 3.10. The average molecular weight is 387 g/mol. The van der Waals surface area contributed by atoms with Crippen molar-refractivity contribution in [2.24, 2.45) is 0 Å². The highest BCUT2D eigenvalue weighted by atomic mass is 35.5. The number of amides is 1. The average Bonchev–Trinajstić information content (AvgIpc) is 3.10. The fraction of sp³-hybridized carbons (Fsp3) is 0.300. The summed E-state index contributed by atoms with van der Waals surface area (Å²) in [5.41, 5.74) is 4.81. The summed E-state index contributed by atoms with van der Waals surface area (Å²) in [6.45, 7) is 5.00. The number of nitrogens with zero attached hydrogens (tertiary/aromatic N) is 2. The second kappa shape index (κ2) is 8.99. The Kier molecular flexibility index (Phi) is 6.45. The summed E-state index contributed by atoms with van der Waals surface area (Å²) in [4.78, 5) is 17.8. The lowest BCUT2D eigenvalue weighted by Crippen LogP contribution is -2.26. The molecule has 1 saturated heterocycles. The molecule has 142 valence electrons. The first-order valence-corrected chi connectivity index (χ1v) is 9.23. The van der Waals surface area contributed by atoms with E-state index in [0.717, 1.165) is 26.1 Å². The Bertz CT molecular complexity index is 823. The lowest BCUT2D eigenvalue weighted by molar-refractivity contribution is -0.124. The zero-order valence-electron chi connectivity index (χ0n) is 15.2. The number of pyridine rings is 1. The van der Waals surface area contributed by atoms with E-state index in [4.69, 9.17) is 16.8 Å². The number of aryl methyl sites for hydroxylation is 1. The number of hydrogen-bond acceptors (Lipinski definition) is 5. The van der Waals surface area contributed by atoms with Gasteiger partial charge in [-0.2, -0.15) is 0 Å². The minimum Gasteiger partial charge on any atom is -0.365 e. The highest BCUT2D eigenvalue weighted by Crippen LogP contribution is 2.24. The maximum absolute atomic E-state index is 11.0. The van der Waals surface area contributed by atoms with Crippen LogP contribution in [-0.4, -0.2) is 40.1 Å². The molecule has 1 amide bonds. The van der Waals surface area contributed by atoms with Gasteiger partial charge in [-0.3, -0.25) is 14.9 Å². The van der Waals surface area contributed by atoms with Crippen LogP contribution >= 0.6 is 11.6 Å². The Labute approximate surface area is 163 Å². The molecule has 0 spiro atoms. The van der Waals surface area contributed by atoms with Gasteiger partial charge in [0.1, 0.15) is 5.82 Å². The lowest BCUT2D eigenvalue weighted by Gasteiger charge is -2.18. The van der Waals surface area contributed by atoms with Crippen LogP contribution in [0.15, 0.2) is 42.6 Å². The van der Waals surface area contributed by atoms with E-state index in [1.54, 1.807) is 12.3 Å². The number of aromatic nitrogens is 1. The number of carbonyl (C=O) groups excluding carboxylic acids is 1. The third kappa shape index (κ3) is 5.53. The largest absolute Gasteiger partial charge is 0.365 e. The van der Waals surface area contributed by atoms with Crippen molar-refractivity contribution in [3.8, 4) is 0 Å². The molecule has 0 radical (unpaired) electrons. The molecule has 2 heterocycles. The maximum atomic E-state index is 11.0. The summed E-state index contributed by atoms with van der Waals surface area (Å²) >= 11 is 6.32. The molecule has 3 N–H and O–H groups in total. The second-order valence-electron chi connectivity index (χ2n) is 6.76. The topological polar surface area (TPSA) is 77.5 Å². The van der Waals surface area contributed by atoms with Gasteiger partial charge in [0.2, 0.25) is 0 Å². The summed E-state index contributed by atoms with van der Waals surface area (Å²) in [5, 5.41) is 12.4. The number of hydrogen-bond donors (Lipinski definition) is 3. The third-order valence-electron chi connectivity index (χ3n) is 4.54. The summed E-state index contributed by atoms with van der Waals surface area (Å²) in [5.74, 6) is 0.0376. The Morgan fingerprint density at radius 2 is 2.19 bits per heavy atom. The highest BCUT2D eigenvalue weighted by molar-refractivity contribution is 6.33. The van der Waals surface area contributed by atoms with Gasteiger partial charge in [0.25, 0.3) is 5.91 Å².